The van der Waals surface area contributed by atoms with Crippen molar-refractivity contribution in [3.05, 3.63) is 69.9 Å². The van der Waals surface area contributed by atoms with E-state index in [9.17, 15) is 24.5 Å². The normalized spacial score (nSPS) is 19.9. The standard InChI is InChI=1S/C28H32N6O5/c1-27(2,29)25(36)32-23(14-17-16-30-21-7-4-3-6-19(17)21)24(35)33-12-5-10-28(11-13-33)20-15-18(34(38)39)8-9-22(20)31-26(28)37/h3-4,6-9,15-16,23,30H,5,10-14,29H2,1-2H3,(H,31,37)(H,32,36)/t23-,28+/m1/s1. The molecule has 1 saturated heterocycles. The number of likely N-dealkylation sites (tertiary alicyclic amines) is 1. The molecule has 3 amide bonds. The molecular weight excluding hydrogens is 500 g/mol. The van der Waals surface area contributed by atoms with Gasteiger partial charge in [0.1, 0.15) is 6.04 Å². The third-order valence-corrected chi connectivity index (χ3v) is 7.85. The van der Waals surface area contributed by atoms with Gasteiger partial charge in [0.05, 0.1) is 15.9 Å². The van der Waals surface area contributed by atoms with E-state index in [1.54, 1.807) is 24.8 Å². The van der Waals surface area contributed by atoms with Crippen LogP contribution in [0.5, 0.6) is 0 Å². The zero-order valence-electron chi connectivity index (χ0n) is 22.0. The van der Waals surface area contributed by atoms with Crippen LogP contribution in [0.1, 0.15) is 44.2 Å². The van der Waals surface area contributed by atoms with E-state index in [1.165, 1.54) is 12.1 Å². The Balaban J connectivity index is 1.41. The third kappa shape index (κ3) is 4.85. The molecule has 2 aromatic carbocycles. The van der Waals surface area contributed by atoms with Gasteiger partial charge in [-0.05, 0) is 56.4 Å². The number of hydrogen-bond donors (Lipinski definition) is 4. The van der Waals surface area contributed by atoms with Gasteiger partial charge < -0.3 is 26.3 Å². The van der Waals surface area contributed by atoms with E-state index in [2.05, 4.69) is 15.6 Å². The Morgan fingerprint density at radius 2 is 1.97 bits per heavy atom. The second kappa shape index (κ2) is 9.81. The molecule has 0 aliphatic carbocycles. The van der Waals surface area contributed by atoms with Crippen LogP contribution >= 0.6 is 0 Å². The topological polar surface area (TPSA) is 163 Å². The van der Waals surface area contributed by atoms with Crippen molar-refractivity contribution in [2.45, 2.75) is 56.5 Å². The van der Waals surface area contributed by atoms with Crippen molar-refractivity contribution in [3.63, 3.8) is 0 Å². The summed E-state index contributed by atoms with van der Waals surface area (Å²) in [6.45, 7) is 3.83. The van der Waals surface area contributed by atoms with Crippen LogP contribution < -0.4 is 16.4 Å². The maximum atomic E-state index is 13.9. The average Bonchev–Trinajstić information content (AvgIpc) is 3.31. The molecule has 0 saturated carbocycles. The first kappa shape index (κ1) is 26.4. The summed E-state index contributed by atoms with van der Waals surface area (Å²) in [5, 5.41) is 18.1. The number of anilines is 1. The maximum Gasteiger partial charge on any atom is 0.269 e. The molecule has 204 valence electrons. The molecule has 2 aliphatic rings. The third-order valence-electron chi connectivity index (χ3n) is 7.85. The number of benzene rings is 2. The summed E-state index contributed by atoms with van der Waals surface area (Å²) < 4.78 is 0. The van der Waals surface area contributed by atoms with Crippen molar-refractivity contribution < 1.29 is 19.3 Å². The summed E-state index contributed by atoms with van der Waals surface area (Å²) in [6, 6.07) is 11.3. The van der Waals surface area contributed by atoms with Crippen LogP contribution in [0.2, 0.25) is 0 Å². The maximum absolute atomic E-state index is 13.9. The highest BCUT2D eigenvalue weighted by Gasteiger charge is 2.48. The monoisotopic (exact) mass is 532 g/mol. The van der Waals surface area contributed by atoms with Crippen molar-refractivity contribution in [3.8, 4) is 0 Å². The van der Waals surface area contributed by atoms with Gasteiger partial charge in [0.25, 0.3) is 5.69 Å². The van der Waals surface area contributed by atoms with Crippen LogP contribution in [-0.2, 0) is 26.2 Å². The molecule has 2 atom stereocenters. The van der Waals surface area contributed by atoms with E-state index < -0.39 is 27.8 Å². The van der Waals surface area contributed by atoms with Crippen molar-refractivity contribution in [1.82, 2.24) is 15.2 Å². The molecule has 0 radical (unpaired) electrons. The number of hydrogen-bond acceptors (Lipinski definition) is 6. The number of carbonyl (C=O) groups is 3. The van der Waals surface area contributed by atoms with Crippen molar-refractivity contribution in [2.75, 3.05) is 18.4 Å². The van der Waals surface area contributed by atoms with E-state index in [0.717, 1.165) is 16.5 Å². The van der Waals surface area contributed by atoms with Crippen molar-refractivity contribution in [1.29, 1.82) is 0 Å². The van der Waals surface area contributed by atoms with Crippen LogP contribution in [0.15, 0.2) is 48.7 Å². The fourth-order valence-corrected chi connectivity index (χ4v) is 5.65. The van der Waals surface area contributed by atoms with Gasteiger partial charge in [0, 0.05) is 54.4 Å². The number of rotatable bonds is 6. The van der Waals surface area contributed by atoms with Gasteiger partial charge in [-0.1, -0.05) is 18.2 Å². The van der Waals surface area contributed by atoms with Gasteiger partial charge in [-0.3, -0.25) is 24.5 Å². The minimum absolute atomic E-state index is 0.0762. The Morgan fingerprint density at radius 3 is 2.72 bits per heavy atom. The number of non-ortho nitro benzene ring substituents is 1. The lowest BCUT2D eigenvalue weighted by Gasteiger charge is -2.30. The highest BCUT2D eigenvalue weighted by molar-refractivity contribution is 6.06. The number of nitrogens with one attached hydrogen (secondary N) is 3. The lowest BCUT2D eigenvalue weighted by Crippen LogP contribution is -2.57. The molecular formula is C28H32N6O5. The van der Waals surface area contributed by atoms with Gasteiger partial charge >= 0.3 is 0 Å². The van der Waals surface area contributed by atoms with Crippen LogP contribution in [-0.4, -0.2) is 57.2 Å². The smallest absolute Gasteiger partial charge is 0.269 e. The molecule has 39 heavy (non-hydrogen) atoms. The van der Waals surface area contributed by atoms with Gasteiger partial charge in [-0.25, -0.2) is 0 Å². The fourth-order valence-electron chi connectivity index (χ4n) is 5.65. The van der Waals surface area contributed by atoms with Crippen LogP contribution in [0.25, 0.3) is 10.9 Å². The number of carbonyl (C=O) groups excluding carboxylic acids is 3. The van der Waals surface area contributed by atoms with Gasteiger partial charge in [0.15, 0.2) is 0 Å². The number of H-pyrrole nitrogens is 1. The predicted octanol–water partition coefficient (Wildman–Crippen LogP) is 2.74. The van der Waals surface area contributed by atoms with Gasteiger partial charge in [0.2, 0.25) is 17.7 Å². The zero-order valence-corrected chi connectivity index (χ0v) is 22.0. The number of nitrogens with two attached hydrogens (primary N) is 1. The first-order valence-corrected chi connectivity index (χ1v) is 13.0. The zero-order chi connectivity index (χ0) is 27.9. The Morgan fingerprint density at radius 1 is 1.21 bits per heavy atom. The molecule has 3 heterocycles. The highest BCUT2D eigenvalue weighted by atomic mass is 16.6. The molecule has 1 spiro atoms. The van der Waals surface area contributed by atoms with E-state index >= 15 is 0 Å². The number of para-hydroxylation sites is 1. The molecule has 5 N–H and O–H groups in total. The number of nitro groups is 1. The molecule has 2 aliphatic heterocycles. The summed E-state index contributed by atoms with van der Waals surface area (Å²) in [5.41, 5.74) is 6.82. The molecule has 1 fully saturated rings. The van der Waals surface area contributed by atoms with Crippen LogP contribution in [0.3, 0.4) is 0 Å². The molecule has 0 bridgehead atoms. The number of nitro benzene ring substituents is 1. The number of aromatic nitrogens is 1. The summed E-state index contributed by atoms with van der Waals surface area (Å²) in [6.07, 6.45) is 3.40. The SMILES string of the molecule is CC(C)(N)C(=O)N[C@H](Cc1c[nH]c2ccccc12)C(=O)N1CCC[C@@]2(CC1)C(=O)Nc1ccc([N+](=O)[O-])cc12. The number of fused-ring (bicyclic) bond motifs is 3. The Labute approximate surface area is 225 Å². The summed E-state index contributed by atoms with van der Waals surface area (Å²) in [4.78, 5) is 55.8. The minimum atomic E-state index is -1.18. The van der Waals surface area contributed by atoms with E-state index in [1.807, 2.05) is 30.5 Å². The Kier molecular flexibility index (Phi) is 6.63. The molecule has 1 aromatic heterocycles. The second-order valence-corrected chi connectivity index (χ2v) is 11.0. The Bertz CT molecular complexity index is 1470. The lowest BCUT2D eigenvalue weighted by molar-refractivity contribution is -0.384. The summed E-state index contributed by atoms with van der Waals surface area (Å²) in [7, 11) is 0. The fraction of sp³-hybridized carbons (Fsp3) is 0.393. The molecule has 3 aromatic rings. The van der Waals surface area contributed by atoms with Crippen molar-refractivity contribution >= 4 is 40.0 Å². The average molecular weight is 533 g/mol. The predicted molar refractivity (Wildman–Crippen MR) is 146 cm³/mol. The number of nitrogens with zero attached hydrogens (tertiary/aromatic N) is 2. The summed E-state index contributed by atoms with van der Waals surface area (Å²) in [5.74, 6) is -0.906. The van der Waals surface area contributed by atoms with Crippen molar-refractivity contribution in [2.24, 2.45) is 5.73 Å². The molecule has 0 unspecified atom stereocenters. The Hall–Kier alpha value is -4.25. The molecule has 5 rings (SSSR count). The number of amides is 3. The van der Waals surface area contributed by atoms with E-state index in [4.69, 9.17) is 5.73 Å². The molecule has 11 heteroatoms. The van der Waals surface area contributed by atoms with E-state index in [-0.39, 0.29) is 30.5 Å². The lowest BCUT2D eigenvalue weighted by atomic mass is 9.75. The first-order chi connectivity index (χ1) is 18.5. The molecule has 11 nitrogen and oxygen atoms in total. The number of aromatic amines is 1. The summed E-state index contributed by atoms with van der Waals surface area (Å²) >= 11 is 0. The first-order valence-electron chi connectivity index (χ1n) is 13.0. The second-order valence-electron chi connectivity index (χ2n) is 11.0. The van der Waals surface area contributed by atoms with Crippen LogP contribution in [0.4, 0.5) is 11.4 Å². The largest absolute Gasteiger partial charge is 0.361 e. The van der Waals surface area contributed by atoms with Crippen LogP contribution in [0, 0.1) is 10.1 Å². The van der Waals surface area contributed by atoms with E-state index in [0.29, 0.717) is 37.1 Å². The van der Waals surface area contributed by atoms with Gasteiger partial charge in [-0.15, -0.1) is 0 Å². The quantitative estimate of drug-likeness (QED) is 0.282. The van der Waals surface area contributed by atoms with Gasteiger partial charge in [-0.2, -0.15) is 0 Å². The minimum Gasteiger partial charge on any atom is -0.361 e. The highest BCUT2D eigenvalue weighted by Crippen LogP contribution is 2.46.